The zero-order valence-electron chi connectivity index (χ0n) is 11.7. The Morgan fingerprint density at radius 3 is 3.05 bits per heavy atom. The van der Waals surface area contributed by atoms with Gasteiger partial charge in [-0.2, -0.15) is 0 Å². The highest BCUT2D eigenvalue weighted by Crippen LogP contribution is 2.65. The third-order valence-electron chi connectivity index (χ3n) is 6.15. The van der Waals surface area contributed by atoms with E-state index in [-0.39, 0.29) is 11.8 Å². The van der Waals surface area contributed by atoms with Crippen LogP contribution >= 0.6 is 0 Å². The molecule has 2 saturated heterocycles. The summed E-state index contributed by atoms with van der Waals surface area (Å²) in [4.78, 5) is 0. The van der Waals surface area contributed by atoms with E-state index < -0.39 is 23.2 Å². The van der Waals surface area contributed by atoms with Crippen LogP contribution in [0.15, 0.2) is 34.8 Å². The van der Waals surface area contributed by atoms with Gasteiger partial charge < -0.3 is 25.4 Å². The SMILES string of the molecule is OC1=C2O[C@H]3[C@@H](O)C=C[C@@]4(O)[C@H]5CC(=C2[C@@]34CCN5)CC1. The van der Waals surface area contributed by atoms with Crippen molar-refractivity contribution in [3.63, 3.8) is 0 Å². The molecular formula is C16H19NO4. The Morgan fingerprint density at radius 2 is 2.19 bits per heavy atom. The lowest BCUT2D eigenvalue weighted by Crippen LogP contribution is -2.72. The van der Waals surface area contributed by atoms with Gasteiger partial charge in [0.15, 0.2) is 5.76 Å². The lowest BCUT2D eigenvalue weighted by Gasteiger charge is -2.59. The average Bonchev–Trinajstić information content (AvgIpc) is 2.80. The Hall–Kier alpha value is -1.30. The van der Waals surface area contributed by atoms with E-state index in [2.05, 4.69) is 5.32 Å². The molecule has 112 valence electrons. The predicted octanol–water partition coefficient (Wildman–Crippen LogP) is 0.659. The fourth-order valence-corrected chi connectivity index (χ4v) is 5.28. The van der Waals surface area contributed by atoms with Gasteiger partial charge in [0.05, 0.1) is 5.41 Å². The van der Waals surface area contributed by atoms with Crippen molar-refractivity contribution in [2.45, 2.75) is 49.5 Å². The van der Waals surface area contributed by atoms with Gasteiger partial charge in [-0.1, -0.05) is 17.7 Å². The van der Waals surface area contributed by atoms with Gasteiger partial charge in [-0.25, -0.2) is 0 Å². The van der Waals surface area contributed by atoms with Crippen LogP contribution in [0.2, 0.25) is 0 Å². The lowest BCUT2D eigenvalue weighted by molar-refractivity contribution is -0.148. The highest BCUT2D eigenvalue weighted by atomic mass is 16.5. The van der Waals surface area contributed by atoms with Gasteiger partial charge in [-0.15, -0.1) is 0 Å². The van der Waals surface area contributed by atoms with Crippen LogP contribution in [0.3, 0.4) is 0 Å². The zero-order chi connectivity index (χ0) is 14.4. The molecule has 0 amide bonds. The Kier molecular flexibility index (Phi) is 2.07. The minimum absolute atomic E-state index is 0.0422. The number of hydrogen-bond acceptors (Lipinski definition) is 5. The third-order valence-corrected chi connectivity index (χ3v) is 6.15. The molecule has 5 heteroatoms. The van der Waals surface area contributed by atoms with Gasteiger partial charge in [-0.3, -0.25) is 0 Å². The third kappa shape index (κ3) is 1.14. The van der Waals surface area contributed by atoms with Crippen molar-refractivity contribution in [3.05, 3.63) is 34.8 Å². The van der Waals surface area contributed by atoms with Crippen molar-refractivity contribution < 1.29 is 20.1 Å². The maximum Gasteiger partial charge on any atom is 0.161 e. The van der Waals surface area contributed by atoms with Crippen molar-refractivity contribution in [3.8, 4) is 0 Å². The van der Waals surface area contributed by atoms with Crippen molar-refractivity contribution in [2.75, 3.05) is 6.54 Å². The fraction of sp³-hybridized carbons (Fsp3) is 0.625. The minimum atomic E-state index is -1.05. The topological polar surface area (TPSA) is 82.0 Å². The molecule has 5 atom stereocenters. The molecule has 2 bridgehead atoms. The second kappa shape index (κ2) is 3.54. The van der Waals surface area contributed by atoms with Crippen LogP contribution in [0, 0.1) is 5.41 Å². The Labute approximate surface area is 122 Å². The summed E-state index contributed by atoms with van der Waals surface area (Å²) >= 11 is 0. The van der Waals surface area contributed by atoms with E-state index in [9.17, 15) is 15.3 Å². The monoisotopic (exact) mass is 289 g/mol. The number of ether oxygens (including phenoxy) is 1. The van der Waals surface area contributed by atoms with E-state index in [1.165, 1.54) is 5.57 Å². The molecule has 0 radical (unpaired) electrons. The number of rotatable bonds is 0. The van der Waals surface area contributed by atoms with Crippen LogP contribution in [-0.2, 0) is 4.74 Å². The number of allylic oxidation sites excluding steroid dienone is 2. The second-order valence-corrected chi connectivity index (χ2v) is 6.90. The summed E-state index contributed by atoms with van der Waals surface area (Å²) in [7, 11) is 0. The van der Waals surface area contributed by atoms with Gasteiger partial charge in [0.2, 0.25) is 0 Å². The second-order valence-electron chi connectivity index (χ2n) is 6.90. The first-order valence-electron chi connectivity index (χ1n) is 7.73. The van der Waals surface area contributed by atoms with Gasteiger partial charge in [-0.05, 0) is 25.8 Å². The van der Waals surface area contributed by atoms with E-state index in [1.807, 2.05) is 0 Å². The molecule has 5 aliphatic rings. The molecule has 0 aromatic heterocycles. The molecule has 0 aromatic carbocycles. The van der Waals surface area contributed by atoms with Crippen LogP contribution in [-0.4, -0.2) is 45.7 Å². The highest BCUT2D eigenvalue weighted by Gasteiger charge is 2.71. The quantitative estimate of drug-likeness (QED) is 0.493. The van der Waals surface area contributed by atoms with Crippen LogP contribution < -0.4 is 5.32 Å². The predicted molar refractivity (Wildman–Crippen MR) is 74.3 cm³/mol. The molecule has 1 spiro atoms. The van der Waals surface area contributed by atoms with E-state index in [4.69, 9.17) is 4.74 Å². The first kappa shape index (κ1) is 12.3. The lowest BCUT2D eigenvalue weighted by atomic mass is 9.50. The minimum Gasteiger partial charge on any atom is -0.508 e. The average molecular weight is 289 g/mol. The summed E-state index contributed by atoms with van der Waals surface area (Å²) in [6, 6.07) is -0.0422. The first-order chi connectivity index (χ1) is 10.1. The van der Waals surface area contributed by atoms with E-state index in [0.29, 0.717) is 18.6 Å². The maximum absolute atomic E-state index is 11.4. The highest BCUT2D eigenvalue weighted by molar-refractivity contribution is 5.55. The molecule has 2 fully saturated rings. The summed E-state index contributed by atoms with van der Waals surface area (Å²) < 4.78 is 6.00. The zero-order valence-corrected chi connectivity index (χ0v) is 11.7. The Bertz CT molecular complexity index is 636. The molecule has 0 aromatic rings. The molecular weight excluding hydrogens is 270 g/mol. The molecule has 3 aliphatic carbocycles. The number of aliphatic hydroxyl groups is 3. The standard InChI is InChI=1S/C16H19NO4/c18-9-2-1-8-7-11-16(20)4-3-10(19)14-15(16,5-6-17-11)12(8)13(9)21-14/h3-4,10-11,14,17-20H,1-2,5-7H2/t10-,11+,14-,15-,16+/m0/s1. The van der Waals surface area contributed by atoms with Gasteiger partial charge in [0.1, 0.15) is 23.6 Å². The summed E-state index contributed by atoms with van der Waals surface area (Å²) in [6.45, 7) is 0.790. The van der Waals surface area contributed by atoms with E-state index in [0.717, 1.165) is 25.0 Å². The molecule has 5 nitrogen and oxygen atoms in total. The summed E-state index contributed by atoms with van der Waals surface area (Å²) in [5.74, 6) is 0.798. The number of aliphatic hydroxyl groups excluding tert-OH is 2. The van der Waals surface area contributed by atoms with Gasteiger partial charge in [0, 0.05) is 18.0 Å². The molecule has 5 rings (SSSR count). The molecule has 2 heterocycles. The number of hydrogen-bond donors (Lipinski definition) is 4. The van der Waals surface area contributed by atoms with Crippen molar-refractivity contribution in [2.24, 2.45) is 5.41 Å². The van der Waals surface area contributed by atoms with Crippen LogP contribution in [0.1, 0.15) is 25.7 Å². The van der Waals surface area contributed by atoms with Crippen LogP contribution in [0.5, 0.6) is 0 Å². The summed E-state index contributed by atoms with van der Waals surface area (Å²) in [5, 5.41) is 35.5. The van der Waals surface area contributed by atoms with Crippen molar-refractivity contribution >= 4 is 0 Å². The van der Waals surface area contributed by atoms with E-state index >= 15 is 0 Å². The largest absolute Gasteiger partial charge is 0.508 e. The smallest absolute Gasteiger partial charge is 0.161 e. The van der Waals surface area contributed by atoms with Gasteiger partial charge >= 0.3 is 0 Å². The molecule has 4 N–H and O–H groups in total. The molecule has 21 heavy (non-hydrogen) atoms. The normalized spacial score (nSPS) is 50.1. The van der Waals surface area contributed by atoms with Crippen LogP contribution in [0.4, 0.5) is 0 Å². The summed E-state index contributed by atoms with van der Waals surface area (Å²) in [6.07, 6.45) is 5.04. The molecule has 0 unspecified atom stereocenters. The maximum atomic E-state index is 11.4. The first-order valence-corrected chi connectivity index (χ1v) is 7.73. The Balaban J connectivity index is 1.86. The van der Waals surface area contributed by atoms with Gasteiger partial charge in [0.25, 0.3) is 0 Å². The summed E-state index contributed by atoms with van der Waals surface area (Å²) in [5.41, 5.74) is 0.594. The number of piperidine rings is 1. The molecule has 2 aliphatic heterocycles. The van der Waals surface area contributed by atoms with E-state index in [1.54, 1.807) is 12.2 Å². The van der Waals surface area contributed by atoms with Crippen LogP contribution in [0.25, 0.3) is 0 Å². The number of nitrogens with one attached hydrogen (secondary N) is 1. The Morgan fingerprint density at radius 1 is 1.33 bits per heavy atom. The fourth-order valence-electron chi connectivity index (χ4n) is 5.28. The van der Waals surface area contributed by atoms with Crippen molar-refractivity contribution in [1.82, 2.24) is 5.32 Å². The molecule has 0 saturated carbocycles. The van der Waals surface area contributed by atoms with Crippen molar-refractivity contribution in [1.29, 1.82) is 0 Å².